The van der Waals surface area contributed by atoms with Crippen molar-refractivity contribution in [2.75, 3.05) is 12.4 Å². The number of aryl methyl sites for hydroxylation is 1. The molecule has 1 amide bonds. The second kappa shape index (κ2) is 7.82. The van der Waals surface area contributed by atoms with Crippen LogP contribution < -0.4 is 10.1 Å². The lowest BCUT2D eigenvalue weighted by Gasteiger charge is -2.27. The molecule has 152 valence electrons. The maximum absolute atomic E-state index is 13.1. The van der Waals surface area contributed by atoms with E-state index in [1.54, 1.807) is 43.3 Å². The minimum atomic E-state index is -0.490. The van der Waals surface area contributed by atoms with Gasteiger partial charge in [0.2, 0.25) is 0 Å². The molecule has 0 unspecified atom stereocenters. The number of hydrogen-bond acceptors (Lipinski definition) is 6. The summed E-state index contributed by atoms with van der Waals surface area (Å²) in [6, 6.07) is 15.6. The zero-order valence-electron chi connectivity index (χ0n) is 16.5. The molecule has 0 spiro atoms. The van der Waals surface area contributed by atoms with Crippen molar-refractivity contribution >= 4 is 17.3 Å². The first kappa shape index (κ1) is 19.4. The third kappa shape index (κ3) is 3.55. The van der Waals surface area contributed by atoms with Crippen molar-refractivity contribution in [3.05, 3.63) is 93.3 Å². The average molecular weight is 404 g/mol. The summed E-state index contributed by atoms with van der Waals surface area (Å²) in [6.07, 6.45) is 1.16. The van der Waals surface area contributed by atoms with Gasteiger partial charge in [-0.2, -0.15) is 0 Å². The van der Waals surface area contributed by atoms with Crippen LogP contribution in [0.1, 0.15) is 33.3 Å². The molecule has 1 N–H and O–H groups in total. The normalized spacial score (nSPS) is 15.1. The van der Waals surface area contributed by atoms with Gasteiger partial charge in [-0.3, -0.25) is 19.9 Å². The summed E-state index contributed by atoms with van der Waals surface area (Å²) >= 11 is 0. The van der Waals surface area contributed by atoms with Gasteiger partial charge in [-0.1, -0.05) is 12.1 Å². The molecule has 8 heteroatoms. The number of hydrogen-bond donors (Lipinski definition) is 1. The van der Waals surface area contributed by atoms with E-state index in [-0.39, 0.29) is 11.6 Å². The molecule has 30 heavy (non-hydrogen) atoms. The van der Waals surface area contributed by atoms with Gasteiger partial charge in [0.1, 0.15) is 11.9 Å². The molecule has 3 aromatic rings. The van der Waals surface area contributed by atoms with E-state index in [2.05, 4.69) is 10.3 Å². The Kier molecular flexibility index (Phi) is 5.05. The summed E-state index contributed by atoms with van der Waals surface area (Å²) in [7, 11) is 1.60. The largest absolute Gasteiger partial charge is 0.497 e. The number of carbonyl (C=O) groups excluding carboxylic acids is 1. The lowest BCUT2D eigenvalue weighted by molar-refractivity contribution is -0.384. The number of nitrogens with one attached hydrogen (secondary N) is 1. The number of fused-ring (bicyclic) bond motifs is 1. The fourth-order valence-corrected chi connectivity index (χ4v) is 3.54. The van der Waals surface area contributed by atoms with Crippen LogP contribution in [0.4, 0.5) is 11.4 Å². The summed E-state index contributed by atoms with van der Waals surface area (Å²) in [6.45, 7) is 2.17. The monoisotopic (exact) mass is 404 g/mol. The van der Waals surface area contributed by atoms with Crippen LogP contribution >= 0.6 is 0 Å². The summed E-state index contributed by atoms with van der Waals surface area (Å²) in [5, 5.41) is 14.4. The van der Waals surface area contributed by atoms with Crippen molar-refractivity contribution in [2.24, 2.45) is 0 Å². The minimum Gasteiger partial charge on any atom is -0.497 e. The number of aromatic nitrogens is 1. The van der Waals surface area contributed by atoms with Crippen LogP contribution in [0.3, 0.4) is 0 Å². The molecule has 2 heterocycles. The quantitative estimate of drug-likeness (QED) is 0.491. The van der Waals surface area contributed by atoms with Gasteiger partial charge in [0.05, 0.1) is 23.3 Å². The predicted octanol–water partition coefficient (Wildman–Crippen LogP) is 4.07. The SMILES string of the molecule is COc1ccc(CN2C(=O)c3cccnc3[C@@H]2Nc2ccc([N+](=O)[O-])cc2C)cc1. The fraction of sp³-hybridized carbons (Fsp3) is 0.182. The first-order valence-corrected chi connectivity index (χ1v) is 9.38. The lowest BCUT2D eigenvalue weighted by Crippen LogP contribution is -2.32. The molecule has 4 rings (SSSR count). The number of pyridine rings is 1. The molecule has 0 saturated carbocycles. The van der Waals surface area contributed by atoms with Crippen LogP contribution in [-0.4, -0.2) is 27.8 Å². The zero-order valence-corrected chi connectivity index (χ0v) is 16.5. The number of rotatable bonds is 6. The third-order valence-electron chi connectivity index (χ3n) is 5.13. The number of amides is 1. The van der Waals surface area contributed by atoms with E-state index in [9.17, 15) is 14.9 Å². The maximum Gasteiger partial charge on any atom is 0.269 e. The zero-order chi connectivity index (χ0) is 21.3. The number of nitro benzene ring substituents is 1. The first-order valence-electron chi connectivity index (χ1n) is 9.38. The van der Waals surface area contributed by atoms with Gasteiger partial charge >= 0.3 is 0 Å². The molecule has 1 aliphatic heterocycles. The Hall–Kier alpha value is -3.94. The molecule has 0 aliphatic carbocycles. The summed E-state index contributed by atoms with van der Waals surface area (Å²) in [5.41, 5.74) is 3.57. The van der Waals surface area contributed by atoms with Gasteiger partial charge in [0, 0.05) is 30.6 Å². The molecular formula is C22H20N4O4. The van der Waals surface area contributed by atoms with Crippen molar-refractivity contribution in [3.8, 4) is 5.75 Å². The van der Waals surface area contributed by atoms with E-state index in [1.807, 2.05) is 24.3 Å². The second-order valence-corrected chi connectivity index (χ2v) is 7.02. The van der Waals surface area contributed by atoms with Crippen molar-refractivity contribution in [2.45, 2.75) is 19.6 Å². The number of methoxy groups -OCH3 is 1. The van der Waals surface area contributed by atoms with Gasteiger partial charge in [0.25, 0.3) is 11.6 Å². The summed E-state index contributed by atoms with van der Waals surface area (Å²) in [5.74, 6) is 0.624. The molecule has 8 nitrogen and oxygen atoms in total. The molecule has 0 fully saturated rings. The smallest absolute Gasteiger partial charge is 0.269 e. The number of nitrogens with zero attached hydrogens (tertiary/aromatic N) is 3. The maximum atomic E-state index is 13.1. The van der Waals surface area contributed by atoms with E-state index in [0.29, 0.717) is 29.1 Å². The number of anilines is 1. The van der Waals surface area contributed by atoms with Crippen molar-refractivity contribution < 1.29 is 14.5 Å². The van der Waals surface area contributed by atoms with E-state index >= 15 is 0 Å². The molecule has 2 aromatic carbocycles. The number of carbonyl (C=O) groups is 1. The van der Waals surface area contributed by atoms with E-state index < -0.39 is 11.1 Å². The van der Waals surface area contributed by atoms with Gasteiger partial charge in [-0.15, -0.1) is 0 Å². The number of benzene rings is 2. The second-order valence-electron chi connectivity index (χ2n) is 7.02. The molecular weight excluding hydrogens is 384 g/mol. The Bertz CT molecular complexity index is 1110. The van der Waals surface area contributed by atoms with Crippen LogP contribution in [0, 0.1) is 17.0 Å². The number of nitro groups is 1. The molecule has 1 atom stereocenters. The minimum absolute atomic E-state index is 0.0224. The first-order chi connectivity index (χ1) is 14.5. The predicted molar refractivity (Wildman–Crippen MR) is 111 cm³/mol. The van der Waals surface area contributed by atoms with Crippen molar-refractivity contribution in [1.29, 1.82) is 0 Å². The highest BCUT2D eigenvalue weighted by atomic mass is 16.6. The van der Waals surface area contributed by atoms with Crippen molar-refractivity contribution in [3.63, 3.8) is 0 Å². The Balaban J connectivity index is 1.66. The molecule has 0 bridgehead atoms. The molecule has 0 saturated heterocycles. The molecule has 1 aliphatic rings. The summed E-state index contributed by atoms with van der Waals surface area (Å²) in [4.78, 5) is 29.8. The van der Waals surface area contributed by atoms with Gasteiger partial charge in [0.15, 0.2) is 0 Å². The third-order valence-corrected chi connectivity index (χ3v) is 5.13. The molecule has 0 radical (unpaired) electrons. The van der Waals surface area contributed by atoms with Crippen LogP contribution in [0.2, 0.25) is 0 Å². The van der Waals surface area contributed by atoms with Crippen molar-refractivity contribution in [1.82, 2.24) is 9.88 Å². The highest BCUT2D eigenvalue weighted by Gasteiger charge is 2.38. The Morgan fingerprint density at radius 2 is 1.97 bits per heavy atom. The highest BCUT2D eigenvalue weighted by Crippen LogP contribution is 2.35. The summed E-state index contributed by atoms with van der Waals surface area (Å²) < 4.78 is 5.20. The van der Waals surface area contributed by atoms with E-state index in [1.165, 1.54) is 12.1 Å². The van der Waals surface area contributed by atoms with Crippen LogP contribution in [0.5, 0.6) is 5.75 Å². The standard InChI is InChI=1S/C22H20N4O4/c1-14-12-16(26(28)29)7-10-19(14)24-21-20-18(4-3-11-23-20)22(27)25(21)13-15-5-8-17(30-2)9-6-15/h3-12,21,24H,13H2,1-2H3/t21-/m1/s1. The Morgan fingerprint density at radius 3 is 2.63 bits per heavy atom. The number of ether oxygens (including phenoxy) is 1. The Labute approximate surface area is 173 Å². The van der Waals surface area contributed by atoms with Gasteiger partial charge < -0.3 is 15.0 Å². The topological polar surface area (TPSA) is 97.6 Å². The Morgan fingerprint density at radius 1 is 1.20 bits per heavy atom. The van der Waals surface area contributed by atoms with E-state index in [4.69, 9.17) is 4.74 Å². The van der Waals surface area contributed by atoms with E-state index in [0.717, 1.165) is 11.3 Å². The fourth-order valence-electron chi connectivity index (χ4n) is 3.54. The van der Waals surface area contributed by atoms with Crippen LogP contribution in [0.15, 0.2) is 60.8 Å². The van der Waals surface area contributed by atoms with Crippen LogP contribution in [0.25, 0.3) is 0 Å². The van der Waals surface area contributed by atoms with Crippen LogP contribution in [-0.2, 0) is 6.54 Å². The average Bonchev–Trinajstić information content (AvgIpc) is 3.01. The van der Waals surface area contributed by atoms with Gasteiger partial charge in [-0.05, 0) is 48.4 Å². The molecule has 1 aromatic heterocycles. The van der Waals surface area contributed by atoms with Gasteiger partial charge in [-0.25, -0.2) is 0 Å². The number of non-ortho nitro benzene ring substituents is 1. The lowest BCUT2D eigenvalue weighted by atomic mass is 10.1. The highest BCUT2D eigenvalue weighted by molar-refractivity contribution is 5.99.